The molecule has 1 aliphatic heterocycles. The predicted octanol–water partition coefficient (Wildman–Crippen LogP) is 2.95. The fraction of sp³-hybridized carbons (Fsp3) is 0.0870. The number of anilines is 1. The van der Waals surface area contributed by atoms with Crippen LogP contribution in [-0.4, -0.2) is 22.4 Å². The van der Waals surface area contributed by atoms with Crippen LogP contribution in [0.15, 0.2) is 72.3 Å². The van der Waals surface area contributed by atoms with Crippen molar-refractivity contribution in [2.75, 3.05) is 10.4 Å². The Morgan fingerprint density at radius 1 is 0.967 bits per heavy atom. The van der Waals surface area contributed by atoms with Crippen molar-refractivity contribution >= 4 is 29.5 Å². The highest BCUT2D eigenvalue weighted by molar-refractivity contribution is 6.31. The minimum Gasteiger partial charge on any atom is -0.267 e. The number of aryl methyl sites for hydroxylation is 1. The average Bonchev–Trinajstić information content (AvgIpc) is 3.19. The molecule has 0 aliphatic carbocycles. The maximum absolute atomic E-state index is 12.8. The fourth-order valence-electron chi connectivity index (χ4n) is 3.33. The van der Waals surface area contributed by atoms with Crippen LogP contribution in [0, 0.1) is 13.8 Å². The smallest absolute Gasteiger partial charge is 0.267 e. The second kappa shape index (κ2) is 7.71. The van der Waals surface area contributed by atoms with Gasteiger partial charge in [-0.3, -0.25) is 29.9 Å². The number of benzene rings is 2. The number of carbonyl (C=O) groups excluding carboxylic acids is 3. The quantitative estimate of drug-likeness (QED) is 0.522. The number of nitrogens with one attached hydrogen (secondary N) is 2. The van der Waals surface area contributed by atoms with Crippen molar-refractivity contribution in [2.45, 2.75) is 13.8 Å². The van der Waals surface area contributed by atoms with Crippen LogP contribution < -0.4 is 15.9 Å². The number of nitrogens with zero attached hydrogens (tertiary/aromatic N) is 2. The third-order valence-corrected chi connectivity index (χ3v) is 4.93. The molecule has 2 N–H and O–H groups in total. The van der Waals surface area contributed by atoms with Crippen molar-refractivity contribution in [1.29, 1.82) is 0 Å². The van der Waals surface area contributed by atoms with Gasteiger partial charge in [0.15, 0.2) is 0 Å². The van der Waals surface area contributed by atoms with Gasteiger partial charge in [0.25, 0.3) is 17.7 Å². The van der Waals surface area contributed by atoms with Crippen LogP contribution in [0.3, 0.4) is 0 Å². The predicted molar refractivity (Wildman–Crippen MR) is 114 cm³/mol. The van der Waals surface area contributed by atoms with Crippen LogP contribution >= 0.6 is 0 Å². The van der Waals surface area contributed by atoms with Gasteiger partial charge in [0.1, 0.15) is 5.57 Å². The molecule has 4 rings (SSSR count). The first-order valence-corrected chi connectivity index (χ1v) is 9.43. The molecule has 0 spiro atoms. The summed E-state index contributed by atoms with van der Waals surface area (Å²) in [6.45, 7) is 3.66. The van der Waals surface area contributed by atoms with Gasteiger partial charge in [-0.05, 0) is 55.8 Å². The highest BCUT2D eigenvalue weighted by Crippen LogP contribution is 2.23. The number of hydrogen-bond acceptors (Lipinski definition) is 3. The van der Waals surface area contributed by atoms with E-state index in [-0.39, 0.29) is 11.5 Å². The minimum atomic E-state index is -0.470. The van der Waals surface area contributed by atoms with Crippen molar-refractivity contribution in [3.63, 3.8) is 0 Å². The van der Waals surface area contributed by atoms with Crippen LogP contribution in [0.1, 0.15) is 27.3 Å². The van der Waals surface area contributed by atoms with Gasteiger partial charge >= 0.3 is 0 Å². The molecule has 1 saturated heterocycles. The molecule has 150 valence electrons. The molecule has 1 aliphatic rings. The SMILES string of the molecule is Cc1cc(/C=C2/C(=O)NN(c3ccccc3)C2=O)c(C)n1NC(=O)c1ccccc1. The summed E-state index contributed by atoms with van der Waals surface area (Å²) in [5.41, 5.74) is 8.75. The number of para-hydroxylation sites is 1. The summed E-state index contributed by atoms with van der Waals surface area (Å²) in [5, 5.41) is 1.23. The third-order valence-electron chi connectivity index (χ3n) is 4.93. The van der Waals surface area contributed by atoms with E-state index in [0.717, 1.165) is 5.69 Å². The first-order chi connectivity index (χ1) is 14.5. The lowest BCUT2D eigenvalue weighted by Gasteiger charge is -2.13. The molecule has 3 aromatic rings. The second-order valence-electron chi connectivity index (χ2n) is 6.94. The highest BCUT2D eigenvalue weighted by Gasteiger charge is 2.34. The van der Waals surface area contributed by atoms with E-state index in [4.69, 9.17) is 0 Å². The molecule has 30 heavy (non-hydrogen) atoms. The molecule has 0 bridgehead atoms. The van der Waals surface area contributed by atoms with Crippen LogP contribution in [0.4, 0.5) is 5.69 Å². The molecule has 3 amide bonds. The Labute approximate surface area is 173 Å². The van der Waals surface area contributed by atoms with E-state index in [1.165, 1.54) is 5.01 Å². The maximum atomic E-state index is 12.8. The molecule has 0 atom stereocenters. The summed E-state index contributed by atoms with van der Waals surface area (Å²) in [4.78, 5) is 37.7. The van der Waals surface area contributed by atoms with Crippen LogP contribution in [0.5, 0.6) is 0 Å². The molecule has 2 heterocycles. The lowest BCUT2D eigenvalue weighted by Crippen LogP contribution is -2.35. The monoisotopic (exact) mass is 400 g/mol. The normalized spacial score (nSPS) is 14.9. The largest absolute Gasteiger partial charge is 0.282 e. The average molecular weight is 400 g/mol. The van der Waals surface area contributed by atoms with Crippen molar-refractivity contribution in [1.82, 2.24) is 10.1 Å². The van der Waals surface area contributed by atoms with Crippen molar-refractivity contribution < 1.29 is 14.4 Å². The van der Waals surface area contributed by atoms with Gasteiger partial charge in [0, 0.05) is 17.0 Å². The molecule has 2 aromatic carbocycles. The Balaban J connectivity index is 1.62. The first-order valence-electron chi connectivity index (χ1n) is 9.43. The van der Waals surface area contributed by atoms with E-state index >= 15 is 0 Å². The van der Waals surface area contributed by atoms with Gasteiger partial charge < -0.3 is 0 Å². The van der Waals surface area contributed by atoms with Crippen LogP contribution in [0.2, 0.25) is 0 Å². The first kappa shape index (κ1) is 19.2. The Morgan fingerprint density at radius 2 is 1.60 bits per heavy atom. The number of aromatic nitrogens is 1. The molecule has 0 saturated carbocycles. The van der Waals surface area contributed by atoms with E-state index < -0.39 is 11.8 Å². The Bertz CT molecular complexity index is 1160. The van der Waals surface area contributed by atoms with Crippen LogP contribution in [0.25, 0.3) is 6.08 Å². The molecule has 0 radical (unpaired) electrons. The van der Waals surface area contributed by atoms with Gasteiger partial charge in [-0.1, -0.05) is 36.4 Å². The zero-order valence-electron chi connectivity index (χ0n) is 16.5. The van der Waals surface area contributed by atoms with Gasteiger partial charge in [-0.15, -0.1) is 0 Å². The standard InChI is InChI=1S/C23H20N4O3/c1-15-13-18(16(2)26(15)24-21(28)17-9-5-3-6-10-17)14-20-22(29)25-27(23(20)30)19-11-7-4-8-12-19/h3-14H,1-2H3,(H,24,28)(H,25,29)/b20-14-. The lowest BCUT2D eigenvalue weighted by molar-refractivity contribution is -0.117. The molecule has 7 nitrogen and oxygen atoms in total. The zero-order valence-corrected chi connectivity index (χ0v) is 16.5. The van der Waals surface area contributed by atoms with Crippen LogP contribution in [-0.2, 0) is 9.59 Å². The van der Waals surface area contributed by atoms with Gasteiger partial charge in [0.2, 0.25) is 0 Å². The molecular formula is C23H20N4O3. The summed E-state index contributed by atoms with van der Waals surface area (Å²) >= 11 is 0. The topological polar surface area (TPSA) is 83.4 Å². The molecule has 1 fully saturated rings. The molecule has 1 aromatic heterocycles. The number of carbonyl (C=O) groups is 3. The summed E-state index contributed by atoms with van der Waals surface area (Å²) in [6.07, 6.45) is 1.55. The molecule has 7 heteroatoms. The van der Waals surface area contributed by atoms with E-state index in [1.807, 2.05) is 32.0 Å². The lowest BCUT2D eigenvalue weighted by atomic mass is 10.1. The Hall–Kier alpha value is -4.13. The summed E-state index contributed by atoms with van der Waals surface area (Å²) < 4.78 is 1.65. The Morgan fingerprint density at radius 3 is 2.27 bits per heavy atom. The van der Waals surface area contributed by atoms with Crippen molar-refractivity contribution in [3.8, 4) is 0 Å². The third kappa shape index (κ3) is 3.48. The minimum absolute atomic E-state index is 0.0356. The Kier molecular flexibility index (Phi) is 4.93. The number of hydrazine groups is 1. The van der Waals surface area contributed by atoms with Crippen molar-refractivity contribution in [2.24, 2.45) is 0 Å². The summed E-state index contributed by atoms with van der Waals surface area (Å²) in [5.74, 6) is -1.15. The molecular weight excluding hydrogens is 380 g/mol. The van der Waals surface area contributed by atoms with Gasteiger partial charge in [-0.2, -0.15) is 0 Å². The van der Waals surface area contributed by atoms with E-state index in [9.17, 15) is 14.4 Å². The second-order valence-corrected chi connectivity index (χ2v) is 6.94. The number of rotatable bonds is 4. The van der Waals surface area contributed by atoms with E-state index in [0.29, 0.717) is 22.5 Å². The fourth-order valence-corrected chi connectivity index (χ4v) is 3.33. The van der Waals surface area contributed by atoms with Crippen molar-refractivity contribution in [3.05, 3.63) is 94.8 Å². The zero-order chi connectivity index (χ0) is 21.3. The summed E-state index contributed by atoms with van der Waals surface area (Å²) in [6, 6.07) is 19.6. The number of amides is 3. The highest BCUT2D eigenvalue weighted by atomic mass is 16.2. The van der Waals surface area contributed by atoms with Gasteiger partial charge in [0.05, 0.1) is 5.69 Å². The van der Waals surface area contributed by atoms with E-state index in [2.05, 4.69) is 10.9 Å². The number of hydrogen-bond donors (Lipinski definition) is 2. The summed E-state index contributed by atoms with van der Waals surface area (Å²) in [7, 11) is 0. The van der Waals surface area contributed by atoms with Gasteiger partial charge in [-0.25, -0.2) is 5.01 Å². The maximum Gasteiger partial charge on any atom is 0.282 e. The van der Waals surface area contributed by atoms with E-state index in [1.54, 1.807) is 59.3 Å². The molecule has 0 unspecified atom stereocenters.